The molecule has 2 rings (SSSR count). The molecule has 0 aliphatic carbocycles. The lowest BCUT2D eigenvalue weighted by atomic mass is 9.93. The van der Waals surface area contributed by atoms with E-state index in [0.29, 0.717) is 11.4 Å². The van der Waals surface area contributed by atoms with Crippen LogP contribution >= 0.6 is 22.9 Å². The molecule has 1 heterocycles. The van der Waals surface area contributed by atoms with E-state index in [4.69, 9.17) is 11.6 Å². The summed E-state index contributed by atoms with van der Waals surface area (Å²) in [5, 5.41) is 14.0. The van der Waals surface area contributed by atoms with Gasteiger partial charge in [0.05, 0.1) is 10.6 Å². The molecule has 17 heavy (non-hydrogen) atoms. The minimum atomic E-state index is -0.935. The first-order valence-electron chi connectivity index (χ1n) is 5.37. The largest absolute Gasteiger partial charge is 0.385 e. The molecular formula is C13H14ClNOS. The highest BCUT2D eigenvalue weighted by Crippen LogP contribution is 2.28. The van der Waals surface area contributed by atoms with Gasteiger partial charge < -0.3 is 5.11 Å². The summed E-state index contributed by atoms with van der Waals surface area (Å²) in [5.41, 5.74) is 0.875. The van der Waals surface area contributed by atoms with Crippen LogP contribution in [0.15, 0.2) is 29.6 Å². The average molecular weight is 268 g/mol. The van der Waals surface area contributed by atoms with Crippen molar-refractivity contribution >= 4 is 22.9 Å². The van der Waals surface area contributed by atoms with E-state index in [0.717, 1.165) is 16.3 Å². The predicted octanol–water partition coefficient (Wildman–Crippen LogP) is 3.56. The first-order chi connectivity index (χ1) is 7.97. The zero-order chi connectivity index (χ0) is 12.5. The molecule has 0 bridgehead atoms. The Kier molecular flexibility index (Phi) is 3.52. The van der Waals surface area contributed by atoms with Crippen molar-refractivity contribution in [3.8, 4) is 0 Å². The molecule has 0 fully saturated rings. The molecule has 90 valence electrons. The molecule has 0 amide bonds. The summed E-state index contributed by atoms with van der Waals surface area (Å²) < 4.78 is 0. The fraction of sp³-hybridized carbons (Fsp3) is 0.308. The topological polar surface area (TPSA) is 33.1 Å². The van der Waals surface area contributed by atoms with E-state index in [2.05, 4.69) is 4.98 Å². The van der Waals surface area contributed by atoms with Crippen molar-refractivity contribution in [2.24, 2.45) is 0 Å². The van der Waals surface area contributed by atoms with Gasteiger partial charge in [-0.05, 0) is 31.5 Å². The minimum Gasteiger partial charge on any atom is -0.385 e. The average Bonchev–Trinajstić information content (AvgIpc) is 2.63. The van der Waals surface area contributed by atoms with Crippen molar-refractivity contribution in [2.75, 3.05) is 0 Å². The number of thiazole rings is 1. The van der Waals surface area contributed by atoms with Crippen molar-refractivity contribution < 1.29 is 5.11 Å². The minimum absolute atomic E-state index is 0.506. The molecule has 0 saturated carbocycles. The first-order valence-corrected chi connectivity index (χ1v) is 6.62. The quantitative estimate of drug-likeness (QED) is 0.923. The Morgan fingerprint density at radius 1 is 1.47 bits per heavy atom. The zero-order valence-electron chi connectivity index (χ0n) is 9.77. The van der Waals surface area contributed by atoms with Crippen molar-refractivity contribution in [1.82, 2.24) is 4.98 Å². The van der Waals surface area contributed by atoms with Crippen molar-refractivity contribution in [2.45, 2.75) is 25.9 Å². The number of rotatable bonds is 3. The number of aliphatic hydroxyl groups is 1. The highest BCUT2D eigenvalue weighted by Gasteiger charge is 2.25. The Morgan fingerprint density at radius 2 is 2.24 bits per heavy atom. The van der Waals surface area contributed by atoms with Crippen LogP contribution in [0.25, 0.3) is 0 Å². The van der Waals surface area contributed by atoms with Crippen molar-refractivity contribution in [3.05, 3.63) is 50.9 Å². The summed E-state index contributed by atoms with van der Waals surface area (Å²) >= 11 is 7.51. The van der Waals surface area contributed by atoms with Gasteiger partial charge in [0.2, 0.25) is 0 Å². The van der Waals surface area contributed by atoms with Gasteiger partial charge in [-0.3, -0.25) is 0 Å². The van der Waals surface area contributed by atoms with Gasteiger partial charge in [-0.15, -0.1) is 11.3 Å². The van der Waals surface area contributed by atoms with Gasteiger partial charge in [0.15, 0.2) is 0 Å². The molecular weight excluding hydrogens is 254 g/mol. The lowest BCUT2D eigenvalue weighted by molar-refractivity contribution is 0.0575. The normalized spacial score (nSPS) is 14.6. The highest BCUT2D eigenvalue weighted by molar-refractivity contribution is 7.09. The molecule has 0 saturated heterocycles. The Balaban J connectivity index is 2.24. The molecule has 1 aromatic heterocycles. The maximum atomic E-state index is 10.5. The summed E-state index contributed by atoms with van der Waals surface area (Å²) in [6, 6.07) is 7.32. The molecule has 2 nitrogen and oxygen atoms in total. The van der Waals surface area contributed by atoms with Crippen LogP contribution in [0.3, 0.4) is 0 Å². The van der Waals surface area contributed by atoms with Crippen LogP contribution in [0.2, 0.25) is 5.02 Å². The number of nitrogens with zero attached hydrogens (tertiary/aromatic N) is 1. The van der Waals surface area contributed by atoms with Crippen LogP contribution in [0, 0.1) is 6.92 Å². The van der Waals surface area contributed by atoms with Crippen molar-refractivity contribution in [3.63, 3.8) is 0 Å². The van der Waals surface area contributed by atoms with Crippen LogP contribution in [-0.2, 0) is 12.0 Å². The summed E-state index contributed by atoms with van der Waals surface area (Å²) in [5.74, 6) is 0. The van der Waals surface area contributed by atoms with Gasteiger partial charge in [-0.25, -0.2) is 4.98 Å². The maximum Gasteiger partial charge on any atom is 0.0960 e. The van der Waals surface area contributed by atoms with E-state index in [1.54, 1.807) is 30.4 Å². The van der Waals surface area contributed by atoms with E-state index in [1.165, 1.54) is 0 Å². The van der Waals surface area contributed by atoms with Crippen LogP contribution in [0.4, 0.5) is 0 Å². The number of hydrogen-bond acceptors (Lipinski definition) is 3. The summed E-state index contributed by atoms with van der Waals surface area (Å²) in [7, 11) is 0. The molecule has 1 aromatic carbocycles. The van der Waals surface area contributed by atoms with Crippen LogP contribution in [-0.4, -0.2) is 10.1 Å². The third-order valence-corrected chi connectivity index (χ3v) is 3.81. The smallest absolute Gasteiger partial charge is 0.0960 e. The molecule has 0 aliphatic heterocycles. The predicted molar refractivity (Wildman–Crippen MR) is 71.6 cm³/mol. The van der Waals surface area contributed by atoms with Gasteiger partial charge in [-0.2, -0.15) is 0 Å². The molecule has 0 radical (unpaired) electrons. The standard InChI is InChI=1S/C13H14ClNOS/c1-9-8-17-12(15-9)7-13(2,16)10-4-3-5-11(14)6-10/h3-6,8,16H,7H2,1-2H3. The fourth-order valence-corrected chi connectivity index (χ4v) is 2.81. The van der Waals surface area contributed by atoms with E-state index < -0.39 is 5.60 Å². The lowest BCUT2D eigenvalue weighted by Crippen LogP contribution is -2.24. The summed E-state index contributed by atoms with van der Waals surface area (Å²) in [6.07, 6.45) is 0.506. The Labute approximate surface area is 110 Å². The Hall–Kier alpha value is -0.900. The van der Waals surface area contributed by atoms with E-state index in [9.17, 15) is 5.11 Å². The molecule has 0 aliphatic rings. The number of hydrogen-bond donors (Lipinski definition) is 1. The van der Waals surface area contributed by atoms with Gasteiger partial charge in [0.25, 0.3) is 0 Å². The molecule has 1 atom stereocenters. The van der Waals surface area contributed by atoms with E-state index in [-0.39, 0.29) is 0 Å². The first kappa shape index (κ1) is 12.6. The van der Waals surface area contributed by atoms with Crippen LogP contribution in [0.1, 0.15) is 23.2 Å². The number of aryl methyl sites for hydroxylation is 1. The fourth-order valence-electron chi connectivity index (χ4n) is 1.70. The second-order valence-electron chi connectivity index (χ2n) is 4.34. The lowest BCUT2D eigenvalue weighted by Gasteiger charge is -2.22. The number of benzene rings is 1. The Bertz CT molecular complexity index is 522. The van der Waals surface area contributed by atoms with Crippen molar-refractivity contribution in [1.29, 1.82) is 0 Å². The molecule has 1 N–H and O–H groups in total. The van der Waals surface area contributed by atoms with E-state index >= 15 is 0 Å². The zero-order valence-corrected chi connectivity index (χ0v) is 11.3. The maximum absolute atomic E-state index is 10.5. The van der Waals surface area contributed by atoms with Gasteiger partial charge >= 0.3 is 0 Å². The SMILES string of the molecule is Cc1csc(CC(C)(O)c2cccc(Cl)c2)n1. The second kappa shape index (κ2) is 4.77. The third kappa shape index (κ3) is 3.06. The molecule has 4 heteroatoms. The summed E-state index contributed by atoms with van der Waals surface area (Å²) in [4.78, 5) is 4.37. The number of aromatic nitrogens is 1. The van der Waals surface area contributed by atoms with Gasteiger partial charge in [-0.1, -0.05) is 23.7 Å². The number of halogens is 1. The molecule has 1 unspecified atom stereocenters. The van der Waals surface area contributed by atoms with Gasteiger partial charge in [0.1, 0.15) is 0 Å². The molecule has 0 spiro atoms. The van der Waals surface area contributed by atoms with Gasteiger partial charge in [0, 0.05) is 22.5 Å². The highest BCUT2D eigenvalue weighted by atomic mass is 35.5. The second-order valence-corrected chi connectivity index (χ2v) is 5.72. The third-order valence-electron chi connectivity index (χ3n) is 2.61. The van der Waals surface area contributed by atoms with Crippen LogP contribution < -0.4 is 0 Å². The van der Waals surface area contributed by atoms with Crippen LogP contribution in [0.5, 0.6) is 0 Å². The molecule has 2 aromatic rings. The van der Waals surface area contributed by atoms with E-state index in [1.807, 2.05) is 24.4 Å². The summed E-state index contributed by atoms with van der Waals surface area (Å²) in [6.45, 7) is 3.74. The Morgan fingerprint density at radius 3 is 2.82 bits per heavy atom. The monoisotopic (exact) mass is 267 g/mol.